The van der Waals surface area contributed by atoms with E-state index in [0.29, 0.717) is 11.5 Å². The van der Waals surface area contributed by atoms with Gasteiger partial charge in [-0.3, -0.25) is 0 Å². The van der Waals surface area contributed by atoms with Gasteiger partial charge in [0.25, 0.3) is 0 Å². The zero-order valence-corrected chi connectivity index (χ0v) is 9.81. The Labute approximate surface area is 96.3 Å². The molecule has 0 bridgehead atoms. The van der Waals surface area contributed by atoms with Gasteiger partial charge in [-0.05, 0) is 36.5 Å². The van der Waals surface area contributed by atoms with Crippen LogP contribution in [0, 0.1) is 5.92 Å². The molecule has 0 amide bonds. The highest BCUT2D eigenvalue weighted by molar-refractivity contribution is 5.87. The summed E-state index contributed by atoms with van der Waals surface area (Å²) in [5, 5.41) is 8.76. The van der Waals surface area contributed by atoms with Crippen LogP contribution in [0.15, 0.2) is 24.3 Å². The molecule has 0 saturated heterocycles. The van der Waals surface area contributed by atoms with Crippen molar-refractivity contribution in [1.82, 2.24) is 0 Å². The van der Waals surface area contributed by atoms with Crippen LogP contribution in [0.1, 0.15) is 48.7 Å². The number of carboxylic acids is 1. The van der Waals surface area contributed by atoms with Gasteiger partial charge in [-0.25, -0.2) is 4.79 Å². The normalized spacial score (nSPS) is 12.8. The smallest absolute Gasteiger partial charge is 0.335 e. The molecule has 1 atom stereocenters. The molecule has 1 aromatic rings. The van der Waals surface area contributed by atoms with Gasteiger partial charge in [0, 0.05) is 6.04 Å². The maximum absolute atomic E-state index is 10.7. The summed E-state index contributed by atoms with van der Waals surface area (Å²) in [6, 6.07) is 6.81. The van der Waals surface area contributed by atoms with Crippen molar-refractivity contribution < 1.29 is 9.90 Å². The fraction of sp³-hybridized carbons (Fsp3) is 0.462. The molecule has 1 unspecified atom stereocenters. The van der Waals surface area contributed by atoms with Gasteiger partial charge in [-0.15, -0.1) is 0 Å². The van der Waals surface area contributed by atoms with E-state index in [2.05, 4.69) is 13.8 Å². The van der Waals surface area contributed by atoms with E-state index in [-0.39, 0.29) is 6.04 Å². The third kappa shape index (κ3) is 3.66. The minimum atomic E-state index is -0.901. The monoisotopic (exact) mass is 221 g/mol. The number of rotatable bonds is 5. The Morgan fingerprint density at radius 3 is 2.25 bits per heavy atom. The summed E-state index contributed by atoms with van der Waals surface area (Å²) in [5.41, 5.74) is 7.33. The van der Waals surface area contributed by atoms with Crippen LogP contribution in [-0.4, -0.2) is 11.1 Å². The van der Waals surface area contributed by atoms with E-state index in [1.807, 2.05) is 0 Å². The summed E-state index contributed by atoms with van der Waals surface area (Å²) in [5.74, 6) is -0.258. The van der Waals surface area contributed by atoms with Gasteiger partial charge < -0.3 is 10.8 Å². The van der Waals surface area contributed by atoms with Crippen LogP contribution in [0.4, 0.5) is 0 Å². The highest BCUT2D eigenvalue weighted by Crippen LogP contribution is 2.19. The molecule has 0 aliphatic heterocycles. The van der Waals surface area contributed by atoms with Crippen LogP contribution >= 0.6 is 0 Å². The third-order valence-corrected chi connectivity index (χ3v) is 2.64. The maximum atomic E-state index is 10.7. The van der Waals surface area contributed by atoms with E-state index in [0.717, 1.165) is 18.4 Å². The Hall–Kier alpha value is -1.35. The molecule has 3 nitrogen and oxygen atoms in total. The van der Waals surface area contributed by atoms with Crippen molar-refractivity contribution in [3.63, 3.8) is 0 Å². The zero-order valence-electron chi connectivity index (χ0n) is 9.81. The number of nitrogens with two attached hydrogens (primary N) is 1. The molecule has 0 spiro atoms. The first kappa shape index (κ1) is 12.7. The van der Waals surface area contributed by atoms with E-state index >= 15 is 0 Å². The average molecular weight is 221 g/mol. The lowest BCUT2D eigenvalue weighted by molar-refractivity contribution is 0.0697. The molecule has 0 fully saturated rings. The summed E-state index contributed by atoms with van der Waals surface area (Å²) in [7, 11) is 0. The SMILES string of the molecule is CC(C)CCC(N)c1ccc(C(=O)O)cc1. The van der Waals surface area contributed by atoms with Gasteiger partial charge >= 0.3 is 5.97 Å². The second-order valence-electron chi connectivity index (χ2n) is 4.50. The highest BCUT2D eigenvalue weighted by atomic mass is 16.4. The lowest BCUT2D eigenvalue weighted by Crippen LogP contribution is -2.11. The summed E-state index contributed by atoms with van der Waals surface area (Å²) in [4.78, 5) is 10.7. The molecule has 1 aromatic carbocycles. The van der Waals surface area contributed by atoms with Gasteiger partial charge in [0.05, 0.1) is 5.56 Å². The lowest BCUT2D eigenvalue weighted by atomic mass is 9.98. The lowest BCUT2D eigenvalue weighted by Gasteiger charge is -2.13. The summed E-state index contributed by atoms with van der Waals surface area (Å²) in [6.07, 6.45) is 2.02. The number of hydrogen-bond acceptors (Lipinski definition) is 2. The molecule has 1 rings (SSSR count). The van der Waals surface area contributed by atoms with E-state index < -0.39 is 5.97 Å². The molecule has 0 radical (unpaired) electrons. The summed E-state index contributed by atoms with van der Waals surface area (Å²) >= 11 is 0. The van der Waals surface area contributed by atoms with Crippen molar-refractivity contribution in [2.45, 2.75) is 32.7 Å². The van der Waals surface area contributed by atoms with Gasteiger partial charge in [-0.2, -0.15) is 0 Å². The molecule has 3 heteroatoms. The standard InChI is InChI=1S/C13H19NO2/c1-9(2)3-8-12(14)10-4-6-11(7-5-10)13(15)16/h4-7,9,12H,3,8,14H2,1-2H3,(H,15,16). The Morgan fingerprint density at radius 2 is 1.81 bits per heavy atom. The van der Waals surface area contributed by atoms with E-state index in [4.69, 9.17) is 10.8 Å². The van der Waals surface area contributed by atoms with E-state index in [1.54, 1.807) is 24.3 Å². The largest absolute Gasteiger partial charge is 0.478 e. The van der Waals surface area contributed by atoms with Gasteiger partial charge in [-0.1, -0.05) is 26.0 Å². The molecule has 0 saturated carbocycles. The molecule has 88 valence electrons. The van der Waals surface area contributed by atoms with Crippen molar-refractivity contribution in [3.8, 4) is 0 Å². The van der Waals surface area contributed by atoms with Crippen molar-refractivity contribution in [3.05, 3.63) is 35.4 Å². The molecular formula is C13H19NO2. The fourth-order valence-corrected chi connectivity index (χ4v) is 1.55. The van der Waals surface area contributed by atoms with E-state index in [1.165, 1.54) is 0 Å². The molecule has 0 aliphatic rings. The predicted octanol–water partition coefficient (Wildman–Crippen LogP) is 2.82. The van der Waals surface area contributed by atoms with Crippen molar-refractivity contribution >= 4 is 5.97 Å². The first-order valence-electron chi connectivity index (χ1n) is 5.59. The minimum absolute atomic E-state index is 0.00486. The predicted molar refractivity (Wildman–Crippen MR) is 64.4 cm³/mol. The van der Waals surface area contributed by atoms with Crippen LogP contribution in [0.2, 0.25) is 0 Å². The first-order valence-corrected chi connectivity index (χ1v) is 5.59. The van der Waals surface area contributed by atoms with Crippen molar-refractivity contribution in [2.75, 3.05) is 0 Å². The number of carboxylic acid groups (broad SMARTS) is 1. The van der Waals surface area contributed by atoms with Gasteiger partial charge in [0.1, 0.15) is 0 Å². The highest BCUT2D eigenvalue weighted by Gasteiger charge is 2.08. The Bertz CT molecular complexity index is 343. The van der Waals surface area contributed by atoms with E-state index in [9.17, 15) is 4.79 Å². The van der Waals surface area contributed by atoms with Gasteiger partial charge in [0.15, 0.2) is 0 Å². The Morgan fingerprint density at radius 1 is 1.25 bits per heavy atom. The number of hydrogen-bond donors (Lipinski definition) is 2. The Kier molecular flexibility index (Phi) is 4.50. The number of aromatic carboxylic acids is 1. The van der Waals surface area contributed by atoms with Crippen LogP contribution < -0.4 is 5.73 Å². The Balaban J connectivity index is 2.63. The summed E-state index contributed by atoms with van der Waals surface area (Å²) < 4.78 is 0. The molecule has 0 heterocycles. The summed E-state index contributed by atoms with van der Waals surface area (Å²) in [6.45, 7) is 4.33. The topological polar surface area (TPSA) is 63.3 Å². The minimum Gasteiger partial charge on any atom is -0.478 e. The molecule has 0 aromatic heterocycles. The average Bonchev–Trinajstić information content (AvgIpc) is 2.26. The van der Waals surface area contributed by atoms with Crippen LogP contribution in [0.5, 0.6) is 0 Å². The van der Waals surface area contributed by atoms with Crippen molar-refractivity contribution in [1.29, 1.82) is 0 Å². The molecule has 16 heavy (non-hydrogen) atoms. The van der Waals surface area contributed by atoms with Crippen LogP contribution in [0.25, 0.3) is 0 Å². The fourth-order valence-electron chi connectivity index (χ4n) is 1.55. The maximum Gasteiger partial charge on any atom is 0.335 e. The second kappa shape index (κ2) is 5.66. The molecule has 0 aliphatic carbocycles. The number of benzene rings is 1. The van der Waals surface area contributed by atoms with Crippen LogP contribution in [-0.2, 0) is 0 Å². The van der Waals surface area contributed by atoms with Gasteiger partial charge in [0.2, 0.25) is 0 Å². The first-order chi connectivity index (χ1) is 7.50. The zero-order chi connectivity index (χ0) is 12.1. The number of carbonyl (C=O) groups is 1. The molecule has 3 N–H and O–H groups in total. The second-order valence-corrected chi connectivity index (χ2v) is 4.50. The van der Waals surface area contributed by atoms with Crippen LogP contribution in [0.3, 0.4) is 0 Å². The third-order valence-electron chi connectivity index (χ3n) is 2.64. The quantitative estimate of drug-likeness (QED) is 0.803. The molecular weight excluding hydrogens is 202 g/mol. The van der Waals surface area contributed by atoms with Crippen molar-refractivity contribution in [2.24, 2.45) is 11.7 Å².